The summed E-state index contributed by atoms with van der Waals surface area (Å²) in [5.41, 5.74) is 6.15. The number of nitrogens with zero attached hydrogens (tertiary/aromatic N) is 2. The van der Waals surface area contributed by atoms with Crippen LogP contribution in [0.15, 0.2) is 41.6 Å². The van der Waals surface area contributed by atoms with E-state index in [1.807, 2.05) is 42.1 Å². The molecule has 0 aliphatic heterocycles. The Kier molecular flexibility index (Phi) is 4.46. The molecule has 100 valence electrons. The number of benzene rings is 1. The van der Waals surface area contributed by atoms with Crippen molar-refractivity contribution < 1.29 is 4.79 Å². The van der Waals surface area contributed by atoms with Gasteiger partial charge in [-0.25, -0.2) is 4.98 Å². The van der Waals surface area contributed by atoms with Gasteiger partial charge in [0.25, 0.3) is 0 Å². The average Bonchev–Trinajstić information content (AvgIpc) is 2.80. The maximum absolute atomic E-state index is 10.8. The number of aromatic nitrogens is 2. The number of nitrogens with one attached hydrogen (secondary N) is 1. The molecule has 6 heteroatoms. The number of hydrogen-bond donors (Lipinski definition) is 2. The number of primary amides is 1. The van der Waals surface area contributed by atoms with Gasteiger partial charge < -0.3 is 15.6 Å². The summed E-state index contributed by atoms with van der Waals surface area (Å²) in [5, 5.41) is 3.32. The molecule has 0 saturated carbocycles. The Balaban J connectivity index is 2.03. The minimum atomic E-state index is -0.316. The molecule has 0 unspecified atom stereocenters. The first kappa shape index (κ1) is 13.5. The molecular formula is C13H16N4OS. The minimum absolute atomic E-state index is 0.279. The smallest absolute Gasteiger partial charge is 0.227 e. The van der Waals surface area contributed by atoms with Crippen molar-refractivity contribution in [2.75, 3.05) is 11.1 Å². The molecule has 0 saturated heterocycles. The van der Waals surface area contributed by atoms with E-state index in [-0.39, 0.29) is 11.7 Å². The van der Waals surface area contributed by atoms with E-state index in [1.165, 1.54) is 11.8 Å². The third-order valence-corrected chi connectivity index (χ3v) is 3.71. The zero-order valence-corrected chi connectivity index (χ0v) is 11.5. The van der Waals surface area contributed by atoms with Crippen LogP contribution in [0.5, 0.6) is 0 Å². The summed E-state index contributed by atoms with van der Waals surface area (Å²) >= 11 is 1.43. The second kappa shape index (κ2) is 6.29. The van der Waals surface area contributed by atoms with E-state index in [2.05, 4.69) is 10.3 Å². The number of carbonyl (C=O) groups is 1. The van der Waals surface area contributed by atoms with Gasteiger partial charge in [0, 0.05) is 30.0 Å². The van der Waals surface area contributed by atoms with Crippen molar-refractivity contribution in [1.29, 1.82) is 0 Å². The number of anilines is 1. The quantitative estimate of drug-likeness (QED) is 0.786. The van der Waals surface area contributed by atoms with Crippen LogP contribution >= 0.6 is 11.8 Å². The predicted octanol–water partition coefficient (Wildman–Crippen LogP) is 1.61. The van der Waals surface area contributed by atoms with Gasteiger partial charge in [-0.15, -0.1) is 11.8 Å². The summed E-state index contributed by atoms with van der Waals surface area (Å²) in [6, 6.07) is 7.84. The van der Waals surface area contributed by atoms with Crippen LogP contribution in [0, 0.1) is 0 Å². The molecule has 2 rings (SSSR count). The standard InChI is InChI=1S/C13H16N4OS/c1-17-7-6-15-13(17)8-16-10-4-2-3-5-11(10)19-9-12(14)18/h2-7,16H,8-9H2,1H3,(H2,14,18). The van der Waals surface area contributed by atoms with Crippen LogP contribution in [0.1, 0.15) is 5.82 Å². The van der Waals surface area contributed by atoms with Gasteiger partial charge >= 0.3 is 0 Å². The lowest BCUT2D eigenvalue weighted by molar-refractivity contribution is -0.115. The first-order chi connectivity index (χ1) is 9.16. The average molecular weight is 276 g/mol. The topological polar surface area (TPSA) is 72.9 Å². The largest absolute Gasteiger partial charge is 0.377 e. The van der Waals surface area contributed by atoms with Gasteiger partial charge in [-0.2, -0.15) is 0 Å². The number of thioether (sulfide) groups is 1. The zero-order valence-electron chi connectivity index (χ0n) is 10.7. The Morgan fingerprint density at radius 1 is 1.47 bits per heavy atom. The molecule has 1 aromatic carbocycles. The fraction of sp³-hybridized carbons (Fsp3) is 0.231. The van der Waals surface area contributed by atoms with Crippen LogP contribution in [0.3, 0.4) is 0 Å². The molecule has 5 nitrogen and oxygen atoms in total. The van der Waals surface area contributed by atoms with Crippen LogP contribution in [0.25, 0.3) is 0 Å². The fourth-order valence-corrected chi connectivity index (χ4v) is 2.40. The SMILES string of the molecule is Cn1ccnc1CNc1ccccc1SCC(N)=O. The summed E-state index contributed by atoms with van der Waals surface area (Å²) in [7, 11) is 1.96. The maximum atomic E-state index is 10.8. The molecule has 3 N–H and O–H groups in total. The molecule has 0 fully saturated rings. The lowest BCUT2D eigenvalue weighted by Gasteiger charge is -2.11. The van der Waals surface area contributed by atoms with Gasteiger partial charge in [-0.1, -0.05) is 12.1 Å². The Hall–Kier alpha value is -1.95. The van der Waals surface area contributed by atoms with E-state index in [1.54, 1.807) is 6.20 Å². The second-order valence-electron chi connectivity index (χ2n) is 4.06. The van der Waals surface area contributed by atoms with E-state index < -0.39 is 0 Å². The highest BCUT2D eigenvalue weighted by Gasteiger charge is 2.05. The summed E-state index contributed by atoms with van der Waals surface area (Å²) in [4.78, 5) is 16.1. The van der Waals surface area contributed by atoms with Crippen molar-refractivity contribution >= 4 is 23.4 Å². The van der Waals surface area contributed by atoms with Crippen LogP contribution in [-0.4, -0.2) is 21.2 Å². The van der Waals surface area contributed by atoms with E-state index in [9.17, 15) is 4.79 Å². The fourth-order valence-electron chi connectivity index (χ4n) is 1.63. The van der Waals surface area contributed by atoms with Crippen LogP contribution in [0.2, 0.25) is 0 Å². The molecule has 0 aliphatic rings. The van der Waals surface area contributed by atoms with E-state index in [0.717, 1.165) is 16.4 Å². The van der Waals surface area contributed by atoms with Gasteiger partial charge in [-0.3, -0.25) is 4.79 Å². The molecule has 2 aromatic rings. The highest BCUT2D eigenvalue weighted by Crippen LogP contribution is 2.26. The van der Waals surface area contributed by atoms with Gasteiger partial charge in [0.05, 0.1) is 12.3 Å². The number of rotatable bonds is 6. The van der Waals surface area contributed by atoms with Crippen LogP contribution < -0.4 is 11.1 Å². The monoisotopic (exact) mass is 276 g/mol. The highest BCUT2D eigenvalue weighted by molar-refractivity contribution is 8.00. The predicted molar refractivity (Wildman–Crippen MR) is 76.9 cm³/mol. The molecule has 0 atom stereocenters. The third-order valence-electron chi connectivity index (χ3n) is 2.61. The van der Waals surface area contributed by atoms with Gasteiger partial charge in [0.15, 0.2) is 0 Å². The molecule has 0 radical (unpaired) electrons. The zero-order chi connectivity index (χ0) is 13.7. The lowest BCUT2D eigenvalue weighted by Crippen LogP contribution is -2.13. The molecule has 0 bridgehead atoms. The Morgan fingerprint density at radius 2 is 2.26 bits per heavy atom. The molecule has 1 aromatic heterocycles. The maximum Gasteiger partial charge on any atom is 0.227 e. The third kappa shape index (κ3) is 3.75. The van der Waals surface area contributed by atoms with Crippen molar-refractivity contribution in [2.45, 2.75) is 11.4 Å². The van der Waals surface area contributed by atoms with Crippen molar-refractivity contribution in [3.8, 4) is 0 Å². The Morgan fingerprint density at radius 3 is 2.95 bits per heavy atom. The van der Waals surface area contributed by atoms with Crippen molar-refractivity contribution in [3.05, 3.63) is 42.5 Å². The van der Waals surface area contributed by atoms with Crippen molar-refractivity contribution in [3.63, 3.8) is 0 Å². The minimum Gasteiger partial charge on any atom is -0.377 e. The van der Waals surface area contributed by atoms with Crippen LogP contribution in [0.4, 0.5) is 5.69 Å². The Labute approximate surface area is 116 Å². The molecule has 1 heterocycles. The number of imidazole rings is 1. The van der Waals surface area contributed by atoms with E-state index >= 15 is 0 Å². The molecule has 1 amide bonds. The molecule has 0 spiro atoms. The van der Waals surface area contributed by atoms with E-state index in [0.29, 0.717) is 6.54 Å². The number of amides is 1. The second-order valence-corrected chi connectivity index (χ2v) is 5.08. The first-order valence-electron chi connectivity index (χ1n) is 5.87. The van der Waals surface area contributed by atoms with Crippen LogP contribution in [-0.2, 0) is 18.4 Å². The summed E-state index contributed by atoms with van der Waals surface area (Å²) < 4.78 is 1.96. The normalized spacial score (nSPS) is 10.4. The van der Waals surface area contributed by atoms with Crippen molar-refractivity contribution in [1.82, 2.24) is 9.55 Å². The lowest BCUT2D eigenvalue weighted by atomic mass is 10.3. The first-order valence-corrected chi connectivity index (χ1v) is 6.85. The number of aryl methyl sites for hydroxylation is 1. The Bertz CT molecular complexity index is 567. The van der Waals surface area contributed by atoms with Crippen molar-refractivity contribution in [2.24, 2.45) is 12.8 Å². The molecule has 0 aliphatic carbocycles. The summed E-state index contributed by atoms with van der Waals surface area (Å²) in [5.74, 6) is 0.916. The molecule has 19 heavy (non-hydrogen) atoms. The number of nitrogens with two attached hydrogens (primary N) is 1. The highest BCUT2D eigenvalue weighted by atomic mass is 32.2. The number of para-hydroxylation sites is 1. The van der Waals surface area contributed by atoms with Gasteiger partial charge in [0.1, 0.15) is 5.82 Å². The molecular weight excluding hydrogens is 260 g/mol. The summed E-state index contributed by atoms with van der Waals surface area (Å²) in [6.07, 6.45) is 3.68. The summed E-state index contributed by atoms with van der Waals surface area (Å²) in [6.45, 7) is 0.637. The number of carbonyl (C=O) groups excluding carboxylic acids is 1. The van der Waals surface area contributed by atoms with Gasteiger partial charge in [-0.05, 0) is 12.1 Å². The number of hydrogen-bond acceptors (Lipinski definition) is 4. The van der Waals surface area contributed by atoms with Gasteiger partial charge in [0.2, 0.25) is 5.91 Å². The van der Waals surface area contributed by atoms with E-state index in [4.69, 9.17) is 5.73 Å².